The smallest absolute Gasteiger partial charge is 0.147 e. The van der Waals surface area contributed by atoms with Crippen LogP contribution < -0.4 is 5.32 Å². The lowest BCUT2D eigenvalue weighted by Gasteiger charge is -2.18. The van der Waals surface area contributed by atoms with Crippen molar-refractivity contribution in [2.45, 2.75) is 12.8 Å². The van der Waals surface area contributed by atoms with E-state index in [1.807, 2.05) is 17.7 Å². The van der Waals surface area contributed by atoms with E-state index in [4.69, 9.17) is 0 Å². The van der Waals surface area contributed by atoms with Gasteiger partial charge in [0.1, 0.15) is 5.82 Å². The molecule has 0 amide bonds. The van der Waals surface area contributed by atoms with Crippen LogP contribution in [0.15, 0.2) is 24.4 Å². The Labute approximate surface area is 119 Å². The molecule has 4 heteroatoms. The van der Waals surface area contributed by atoms with Crippen molar-refractivity contribution in [2.75, 3.05) is 32.7 Å². The average molecular weight is 275 g/mol. The lowest BCUT2D eigenvalue weighted by atomic mass is 10.1. The number of rotatable bonds is 3. The van der Waals surface area contributed by atoms with Gasteiger partial charge < -0.3 is 14.8 Å². The fraction of sp³-hybridized carbons (Fsp3) is 0.500. The Balaban J connectivity index is 1.76. The Morgan fingerprint density at radius 3 is 3.05 bits per heavy atom. The molecule has 0 bridgehead atoms. The van der Waals surface area contributed by atoms with Crippen LogP contribution in [0.1, 0.15) is 12.0 Å². The normalized spacial score (nSPS) is 17.5. The first-order valence-electron chi connectivity index (χ1n) is 7.41. The van der Waals surface area contributed by atoms with E-state index in [-0.39, 0.29) is 5.82 Å². The van der Waals surface area contributed by atoms with Gasteiger partial charge >= 0.3 is 0 Å². The van der Waals surface area contributed by atoms with Crippen molar-refractivity contribution in [3.63, 3.8) is 0 Å². The largest absolute Gasteiger partial charge is 0.348 e. The van der Waals surface area contributed by atoms with E-state index in [2.05, 4.69) is 16.4 Å². The lowest BCUT2D eigenvalue weighted by Crippen LogP contribution is -2.30. The summed E-state index contributed by atoms with van der Waals surface area (Å²) in [6.45, 7) is 5.52. The summed E-state index contributed by atoms with van der Waals surface area (Å²) < 4.78 is 15.8. The number of aromatic nitrogens is 1. The molecule has 1 aromatic heterocycles. The molecule has 0 unspecified atom stereocenters. The molecule has 1 fully saturated rings. The molecule has 0 saturated carbocycles. The van der Waals surface area contributed by atoms with Crippen LogP contribution in [0.5, 0.6) is 0 Å². The number of nitrogens with one attached hydrogen (secondary N) is 1. The van der Waals surface area contributed by atoms with Gasteiger partial charge in [0.05, 0.1) is 5.52 Å². The molecule has 108 valence electrons. The zero-order chi connectivity index (χ0) is 13.9. The number of halogens is 1. The minimum absolute atomic E-state index is 0.129. The number of para-hydroxylation sites is 1. The van der Waals surface area contributed by atoms with Gasteiger partial charge in [0.15, 0.2) is 0 Å². The van der Waals surface area contributed by atoms with Crippen molar-refractivity contribution >= 4 is 10.9 Å². The maximum absolute atomic E-state index is 13.9. The highest BCUT2D eigenvalue weighted by atomic mass is 19.1. The molecular weight excluding hydrogens is 253 g/mol. The molecule has 3 nitrogen and oxygen atoms in total. The Morgan fingerprint density at radius 1 is 1.25 bits per heavy atom. The second kappa shape index (κ2) is 5.94. The van der Waals surface area contributed by atoms with Crippen molar-refractivity contribution in [2.24, 2.45) is 7.05 Å². The molecule has 0 radical (unpaired) electrons. The number of nitrogens with zero attached hydrogens (tertiary/aromatic N) is 2. The number of benzene rings is 1. The number of hydrogen-bond donors (Lipinski definition) is 1. The highest BCUT2D eigenvalue weighted by Crippen LogP contribution is 2.23. The molecule has 0 atom stereocenters. The van der Waals surface area contributed by atoms with Gasteiger partial charge in [-0.3, -0.25) is 0 Å². The predicted octanol–water partition coefficient (Wildman–Crippen LogP) is 2.16. The third-order valence-corrected chi connectivity index (χ3v) is 4.17. The molecule has 0 spiro atoms. The quantitative estimate of drug-likeness (QED) is 0.926. The Hall–Kier alpha value is -1.39. The summed E-state index contributed by atoms with van der Waals surface area (Å²) in [6.07, 6.45) is 4.27. The summed E-state index contributed by atoms with van der Waals surface area (Å²) in [5.41, 5.74) is 1.97. The third kappa shape index (κ3) is 2.72. The first-order valence-corrected chi connectivity index (χ1v) is 7.41. The van der Waals surface area contributed by atoms with Crippen LogP contribution in [0.3, 0.4) is 0 Å². The molecule has 2 heterocycles. The molecule has 1 N–H and O–H groups in total. The van der Waals surface area contributed by atoms with Gasteiger partial charge in [-0.2, -0.15) is 0 Å². The van der Waals surface area contributed by atoms with E-state index in [9.17, 15) is 4.39 Å². The van der Waals surface area contributed by atoms with E-state index >= 15 is 0 Å². The van der Waals surface area contributed by atoms with Crippen LogP contribution in [0.25, 0.3) is 10.9 Å². The fourth-order valence-electron chi connectivity index (χ4n) is 3.10. The van der Waals surface area contributed by atoms with E-state index in [0.29, 0.717) is 0 Å². The van der Waals surface area contributed by atoms with Crippen LogP contribution in [0.4, 0.5) is 4.39 Å². The van der Waals surface area contributed by atoms with Crippen LogP contribution in [0, 0.1) is 5.82 Å². The topological polar surface area (TPSA) is 20.2 Å². The Bertz CT molecular complexity index is 583. The number of fused-ring (bicyclic) bond motifs is 1. The maximum atomic E-state index is 13.9. The van der Waals surface area contributed by atoms with E-state index in [0.717, 1.165) is 50.0 Å². The lowest BCUT2D eigenvalue weighted by molar-refractivity contribution is 0.296. The SMILES string of the molecule is Cn1cc(CCN2CCCNCC2)c2cccc(F)c21. The molecule has 1 aliphatic rings. The van der Waals surface area contributed by atoms with Gasteiger partial charge in [-0.05, 0) is 37.6 Å². The standard InChI is InChI=1S/C16H22FN3/c1-19-12-13(14-4-2-5-15(17)16(14)19)6-10-20-9-3-7-18-8-11-20/h2,4-5,12,18H,3,6-11H2,1H3. The predicted molar refractivity (Wildman–Crippen MR) is 80.5 cm³/mol. The molecular formula is C16H22FN3. The van der Waals surface area contributed by atoms with Crippen molar-refractivity contribution in [3.8, 4) is 0 Å². The van der Waals surface area contributed by atoms with Gasteiger partial charge in [0.25, 0.3) is 0 Å². The van der Waals surface area contributed by atoms with Gasteiger partial charge in [-0.1, -0.05) is 12.1 Å². The summed E-state index contributed by atoms with van der Waals surface area (Å²) in [5, 5.41) is 4.48. The van der Waals surface area contributed by atoms with Gasteiger partial charge in [-0.25, -0.2) is 4.39 Å². The average Bonchev–Trinajstić information content (AvgIpc) is 2.64. The second-order valence-corrected chi connectivity index (χ2v) is 5.60. The molecule has 1 saturated heterocycles. The fourth-order valence-corrected chi connectivity index (χ4v) is 3.10. The molecule has 20 heavy (non-hydrogen) atoms. The van der Waals surface area contributed by atoms with Crippen molar-refractivity contribution in [1.29, 1.82) is 0 Å². The number of hydrogen-bond acceptors (Lipinski definition) is 2. The van der Waals surface area contributed by atoms with Gasteiger partial charge in [-0.15, -0.1) is 0 Å². The maximum Gasteiger partial charge on any atom is 0.147 e. The van der Waals surface area contributed by atoms with E-state index in [1.54, 1.807) is 6.07 Å². The highest BCUT2D eigenvalue weighted by Gasteiger charge is 2.12. The van der Waals surface area contributed by atoms with E-state index < -0.39 is 0 Å². The van der Waals surface area contributed by atoms with Crippen LogP contribution in [-0.4, -0.2) is 42.2 Å². The van der Waals surface area contributed by atoms with E-state index in [1.165, 1.54) is 18.1 Å². The van der Waals surface area contributed by atoms with Crippen LogP contribution in [-0.2, 0) is 13.5 Å². The van der Waals surface area contributed by atoms with Crippen LogP contribution in [0.2, 0.25) is 0 Å². The molecule has 0 aliphatic carbocycles. The van der Waals surface area contributed by atoms with Crippen molar-refractivity contribution < 1.29 is 4.39 Å². The van der Waals surface area contributed by atoms with Crippen molar-refractivity contribution in [1.82, 2.24) is 14.8 Å². The Morgan fingerprint density at radius 2 is 2.15 bits per heavy atom. The number of aryl methyl sites for hydroxylation is 1. The first-order chi connectivity index (χ1) is 9.75. The zero-order valence-electron chi connectivity index (χ0n) is 12.0. The van der Waals surface area contributed by atoms with Crippen molar-refractivity contribution in [3.05, 3.63) is 35.8 Å². The molecule has 1 aliphatic heterocycles. The summed E-state index contributed by atoms with van der Waals surface area (Å²) in [6, 6.07) is 5.36. The summed E-state index contributed by atoms with van der Waals surface area (Å²) in [7, 11) is 1.92. The van der Waals surface area contributed by atoms with Gasteiger partial charge in [0, 0.05) is 38.3 Å². The minimum atomic E-state index is -0.129. The minimum Gasteiger partial charge on any atom is -0.348 e. The monoisotopic (exact) mass is 275 g/mol. The summed E-state index contributed by atoms with van der Waals surface area (Å²) >= 11 is 0. The molecule has 3 rings (SSSR count). The zero-order valence-corrected chi connectivity index (χ0v) is 12.0. The second-order valence-electron chi connectivity index (χ2n) is 5.60. The highest BCUT2D eigenvalue weighted by molar-refractivity contribution is 5.84. The first kappa shape index (κ1) is 13.6. The third-order valence-electron chi connectivity index (χ3n) is 4.17. The van der Waals surface area contributed by atoms with Crippen LogP contribution >= 0.6 is 0 Å². The molecule has 1 aromatic carbocycles. The summed E-state index contributed by atoms with van der Waals surface area (Å²) in [4.78, 5) is 2.50. The Kier molecular flexibility index (Phi) is 4.03. The van der Waals surface area contributed by atoms with Gasteiger partial charge in [0.2, 0.25) is 0 Å². The summed E-state index contributed by atoms with van der Waals surface area (Å²) in [5.74, 6) is -0.129. The molecule has 2 aromatic rings.